The monoisotopic (exact) mass is 478 g/mol. The molecule has 2 aliphatic carbocycles. The van der Waals surface area contributed by atoms with Crippen molar-refractivity contribution in [3.8, 4) is 11.1 Å². The minimum atomic E-state index is -0.996. The van der Waals surface area contributed by atoms with Gasteiger partial charge >= 0.3 is 12.1 Å². The van der Waals surface area contributed by atoms with E-state index in [1.165, 1.54) is 22.3 Å². The Morgan fingerprint density at radius 3 is 2.31 bits per heavy atom. The summed E-state index contributed by atoms with van der Waals surface area (Å²) in [4.78, 5) is 36.5. The van der Waals surface area contributed by atoms with Gasteiger partial charge in [-0.3, -0.25) is 4.79 Å². The number of hydrogen-bond acceptors (Lipinski definition) is 4. The Morgan fingerprint density at radius 1 is 1.03 bits per heavy atom. The average Bonchev–Trinajstić information content (AvgIpc) is 3.19. The van der Waals surface area contributed by atoms with Gasteiger partial charge in [-0.25, -0.2) is 9.59 Å². The summed E-state index contributed by atoms with van der Waals surface area (Å²) in [6.45, 7) is 2.61. The molecule has 3 atom stereocenters. The number of ether oxygens (including phenoxy) is 1. The highest BCUT2D eigenvalue weighted by Gasteiger charge is 2.31. The first-order chi connectivity index (χ1) is 17.0. The Labute approximate surface area is 206 Å². The number of carboxylic acid groups (broad SMARTS) is 1. The van der Waals surface area contributed by atoms with E-state index in [1.54, 1.807) is 0 Å². The van der Waals surface area contributed by atoms with Crippen LogP contribution in [0.1, 0.15) is 62.5 Å². The number of alkyl carbamates (subject to hydrolysis) is 1. The van der Waals surface area contributed by atoms with Crippen LogP contribution in [0.3, 0.4) is 0 Å². The van der Waals surface area contributed by atoms with Gasteiger partial charge in [0.15, 0.2) is 0 Å². The van der Waals surface area contributed by atoms with Crippen molar-refractivity contribution in [1.29, 1.82) is 0 Å². The number of carbonyl (C=O) groups excluding carboxylic acids is 2. The van der Waals surface area contributed by atoms with E-state index in [4.69, 9.17) is 4.74 Å². The average molecular weight is 479 g/mol. The minimum Gasteiger partial charge on any atom is -0.480 e. The normalized spacial score (nSPS) is 19.8. The number of aliphatic carboxylic acids is 1. The lowest BCUT2D eigenvalue weighted by Crippen LogP contribution is -2.45. The maximum atomic E-state index is 12.6. The van der Waals surface area contributed by atoms with Crippen LogP contribution < -0.4 is 10.6 Å². The third-order valence-electron chi connectivity index (χ3n) is 7.22. The summed E-state index contributed by atoms with van der Waals surface area (Å²) in [5.74, 6) is -1.24. The zero-order valence-electron chi connectivity index (χ0n) is 20.2. The standard InChI is InChI=1S/C28H34N2O5/c1-2-8-25(27(32)33)30-26(31)19-10-7-9-18(15-19)16-29-28(34)35-17-24-22-13-5-3-11-20(22)21-12-4-6-14-23(21)24/h3-6,11-14,18-19,24-25H,2,7-10,15-17H2,1H3,(H,29,34)(H,30,31)(H,32,33)/t18?,19?,25-/m0/s1. The summed E-state index contributed by atoms with van der Waals surface area (Å²) < 4.78 is 5.62. The highest BCUT2D eigenvalue weighted by molar-refractivity contribution is 5.85. The van der Waals surface area contributed by atoms with Crippen LogP contribution in [-0.2, 0) is 14.3 Å². The third kappa shape index (κ3) is 5.84. The molecule has 2 aromatic carbocycles. The van der Waals surface area contributed by atoms with Crippen LogP contribution >= 0.6 is 0 Å². The zero-order valence-corrected chi connectivity index (χ0v) is 20.2. The first kappa shape index (κ1) is 24.8. The van der Waals surface area contributed by atoms with E-state index in [1.807, 2.05) is 31.2 Å². The molecule has 186 valence electrons. The number of amides is 2. The molecule has 2 unspecified atom stereocenters. The molecular formula is C28H34N2O5. The molecular weight excluding hydrogens is 444 g/mol. The predicted octanol–water partition coefficient (Wildman–Crippen LogP) is 4.70. The van der Waals surface area contributed by atoms with Crippen LogP contribution in [0.4, 0.5) is 4.79 Å². The van der Waals surface area contributed by atoms with Crippen molar-refractivity contribution in [2.75, 3.05) is 13.2 Å². The Balaban J connectivity index is 1.26. The summed E-state index contributed by atoms with van der Waals surface area (Å²) in [6.07, 6.45) is 3.83. The fourth-order valence-electron chi connectivity index (χ4n) is 5.43. The van der Waals surface area contributed by atoms with Gasteiger partial charge in [-0.05, 0) is 53.9 Å². The second-order valence-electron chi connectivity index (χ2n) is 9.62. The summed E-state index contributed by atoms with van der Waals surface area (Å²) in [7, 11) is 0. The number of rotatable bonds is 9. The number of carboxylic acids is 1. The first-order valence-corrected chi connectivity index (χ1v) is 12.6. The van der Waals surface area contributed by atoms with Crippen LogP contribution in [0.25, 0.3) is 11.1 Å². The van der Waals surface area contributed by atoms with E-state index in [9.17, 15) is 19.5 Å². The molecule has 2 aliphatic rings. The van der Waals surface area contributed by atoms with Crippen LogP contribution in [0.5, 0.6) is 0 Å². The highest BCUT2D eigenvalue weighted by Crippen LogP contribution is 2.44. The number of fused-ring (bicyclic) bond motifs is 3. The molecule has 3 N–H and O–H groups in total. The van der Waals surface area contributed by atoms with Gasteiger partial charge in [-0.1, -0.05) is 68.3 Å². The molecule has 1 fully saturated rings. The van der Waals surface area contributed by atoms with Crippen molar-refractivity contribution in [2.45, 2.75) is 57.4 Å². The molecule has 0 aromatic heterocycles. The molecule has 2 amide bonds. The molecule has 0 heterocycles. The maximum absolute atomic E-state index is 12.6. The fraction of sp³-hybridized carbons (Fsp3) is 0.464. The van der Waals surface area contributed by atoms with E-state index in [2.05, 4.69) is 34.9 Å². The van der Waals surface area contributed by atoms with E-state index >= 15 is 0 Å². The van der Waals surface area contributed by atoms with Crippen LogP contribution in [0, 0.1) is 11.8 Å². The zero-order chi connectivity index (χ0) is 24.8. The SMILES string of the molecule is CCC[C@H](NC(=O)C1CCCC(CNC(=O)OCC2c3ccccc3-c3ccccc32)C1)C(=O)O. The lowest BCUT2D eigenvalue weighted by molar-refractivity contribution is -0.143. The van der Waals surface area contributed by atoms with Crippen molar-refractivity contribution < 1.29 is 24.2 Å². The Bertz CT molecular complexity index is 1020. The van der Waals surface area contributed by atoms with Gasteiger partial charge in [0.05, 0.1) is 0 Å². The van der Waals surface area contributed by atoms with Crippen LogP contribution in [-0.4, -0.2) is 42.3 Å². The Hall–Kier alpha value is -3.35. The van der Waals surface area contributed by atoms with Gasteiger partial charge in [0.2, 0.25) is 5.91 Å². The lowest BCUT2D eigenvalue weighted by atomic mass is 9.80. The molecule has 1 saturated carbocycles. The molecule has 4 rings (SSSR count). The topological polar surface area (TPSA) is 105 Å². The summed E-state index contributed by atoms with van der Waals surface area (Å²) >= 11 is 0. The largest absolute Gasteiger partial charge is 0.480 e. The van der Waals surface area contributed by atoms with Gasteiger partial charge in [-0.15, -0.1) is 0 Å². The van der Waals surface area contributed by atoms with Crippen molar-refractivity contribution in [3.63, 3.8) is 0 Å². The highest BCUT2D eigenvalue weighted by atomic mass is 16.5. The summed E-state index contributed by atoms with van der Waals surface area (Å²) in [6, 6.07) is 15.6. The van der Waals surface area contributed by atoms with E-state index in [-0.39, 0.29) is 30.3 Å². The summed E-state index contributed by atoms with van der Waals surface area (Å²) in [5, 5.41) is 14.9. The van der Waals surface area contributed by atoms with Crippen molar-refractivity contribution >= 4 is 18.0 Å². The first-order valence-electron chi connectivity index (χ1n) is 12.6. The molecule has 0 spiro atoms. The number of benzene rings is 2. The van der Waals surface area contributed by atoms with Gasteiger partial charge < -0.3 is 20.5 Å². The second kappa shape index (κ2) is 11.4. The Kier molecular flexibility index (Phi) is 8.06. The molecule has 7 nitrogen and oxygen atoms in total. The third-order valence-corrected chi connectivity index (χ3v) is 7.22. The number of hydrogen-bond donors (Lipinski definition) is 3. The van der Waals surface area contributed by atoms with Crippen LogP contribution in [0.2, 0.25) is 0 Å². The number of carbonyl (C=O) groups is 3. The molecule has 0 aliphatic heterocycles. The molecule has 35 heavy (non-hydrogen) atoms. The van der Waals surface area contributed by atoms with E-state index in [0.717, 1.165) is 19.3 Å². The lowest BCUT2D eigenvalue weighted by Gasteiger charge is -2.29. The van der Waals surface area contributed by atoms with Crippen LogP contribution in [0.15, 0.2) is 48.5 Å². The minimum absolute atomic E-state index is 0.0150. The predicted molar refractivity (Wildman–Crippen MR) is 133 cm³/mol. The van der Waals surface area contributed by atoms with Crippen molar-refractivity contribution in [2.24, 2.45) is 11.8 Å². The van der Waals surface area contributed by atoms with Crippen molar-refractivity contribution in [1.82, 2.24) is 10.6 Å². The van der Waals surface area contributed by atoms with E-state index < -0.39 is 18.1 Å². The Morgan fingerprint density at radius 2 is 1.69 bits per heavy atom. The van der Waals surface area contributed by atoms with Gasteiger partial charge in [0.25, 0.3) is 0 Å². The van der Waals surface area contributed by atoms with Gasteiger partial charge in [0, 0.05) is 18.4 Å². The smallest absolute Gasteiger partial charge is 0.407 e. The molecule has 0 saturated heterocycles. The molecule has 2 aromatic rings. The van der Waals surface area contributed by atoms with Gasteiger partial charge in [-0.2, -0.15) is 0 Å². The quantitative estimate of drug-likeness (QED) is 0.485. The fourth-order valence-corrected chi connectivity index (χ4v) is 5.43. The van der Waals surface area contributed by atoms with E-state index in [0.29, 0.717) is 25.8 Å². The maximum Gasteiger partial charge on any atom is 0.407 e. The molecule has 7 heteroatoms. The number of nitrogens with one attached hydrogen (secondary N) is 2. The van der Waals surface area contributed by atoms with Crippen molar-refractivity contribution in [3.05, 3.63) is 59.7 Å². The second-order valence-corrected chi connectivity index (χ2v) is 9.62. The van der Waals surface area contributed by atoms with Gasteiger partial charge in [0.1, 0.15) is 12.6 Å². The summed E-state index contributed by atoms with van der Waals surface area (Å²) in [5.41, 5.74) is 4.72. The molecule has 0 bridgehead atoms. The molecule has 0 radical (unpaired) electrons.